The van der Waals surface area contributed by atoms with Crippen LogP contribution in [-0.4, -0.2) is 13.7 Å². The molecule has 2 aromatic carbocycles. The number of halogens is 2. The van der Waals surface area contributed by atoms with Crippen LogP contribution < -0.4 is 14.8 Å². The minimum absolute atomic E-state index is 0.0465. The first kappa shape index (κ1) is 19.5. The number of nitrogens with one attached hydrogen (secondary N) is 1. The van der Waals surface area contributed by atoms with Crippen LogP contribution in [0.5, 0.6) is 11.5 Å². The Morgan fingerprint density at radius 2 is 1.92 bits per heavy atom. The summed E-state index contributed by atoms with van der Waals surface area (Å²) in [6, 6.07) is 10.3. The zero-order valence-electron chi connectivity index (χ0n) is 14.9. The fourth-order valence-corrected chi connectivity index (χ4v) is 2.67. The molecule has 0 saturated heterocycles. The molecule has 0 amide bonds. The van der Waals surface area contributed by atoms with E-state index in [9.17, 15) is 4.39 Å². The van der Waals surface area contributed by atoms with Crippen molar-refractivity contribution in [1.82, 2.24) is 5.32 Å². The maximum atomic E-state index is 14.0. The van der Waals surface area contributed by atoms with Gasteiger partial charge in [0.1, 0.15) is 12.4 Å². The van der Waals surface area contributed by atoms with Gasteiger partial charge in [-0.15, -0.1) is 0 Å². The van der Waals surface area contributed by atoms with Crippen molar-refractivity contribution in [3.8, 4) is 11.5 Å². The van der Waals surface area contributed by atoms with Gasteiger partial charge in [-0.2, -0.15) is 0 Å². The van der Waals surface area contributed by atoms with Crippen molar-refractivity contribution in [2.75, 3.05) is 13.7 Å². The van der Waals surface area contributed by atoms with E-state index in [2.05, 4.69) is 19.2 Å². The smallest absolute Gasteiger partial charge is 0.166 e. The van der Waals surface area contributed by atoms with Crippen LogP contribution >= 0.6 is 11.6 Å². The summed E-state index contributed by atoms with van der Waals surface area (Å²) in [6.07, 6.45) is 1.10. The Morgan fingerprint density at radius 3 is 2.60 bits per heavy atom. The van der Waals surface area contributed by atoms with Crippen LogP contribution in [-0.2, 0) is 13.2 Å². The fraction of sp³-hybridized carbons (Fsp3) is 0.400. The van der Waals surface area contributed by atoms with Crippen LogP contribution in [0.25, 0.3) is 0 Å². The van der Waals surface area contributed by atoms with Gasteiger partial charge >= 0.3 is 0 Å². The lowest BCUT2D eigenvalue weighted by Crippen LogP contribution is -2.17. The van der Waals surface area contributed by atoms with Gasteiger partial charge in [-0.1, -0.05) is 43.6 Å². The van der Waals surface area contributed by atoms with Gasteiger partial charge in [-0.25, -0.2) is 4.39 Å². The van der Waals surface area contributed by atoms with E-state index in [0.717, 1.165) is 18.5 Å². The molecular formula is C20H25ClFNO2. The lowest BCUT2D eigenvalue weighted by atomic mass is 10.1. The molecular weight excluding hydrogens is 341 g/mol. The summed E-state index contributed by atoms with van der Waals surface area (Å²) in [4.78, 5) is 0. The van der Waals surface area contributed by atoms with Crippen molar-refractivity contribution in [2.24, 2.45) is 5.92 Å². The first-order chi connectivity index (χ1) is 12.0. The van der Waals surface area contributed by atoms with Crippen molar-refractivity contribution in [3.63, 3.8) is 0 Å². The quantitative estimate of drug-likeness (QED) is 0.619. The highest BCUT2D eigenvalue weighted by molar-refractivity contribution is 6.31. The molecule has 0 unspecified atom stereocenters. The van der Waals surface area contributed by atoms with Gasteiger partial charge in [0.25, 0.3) is 0 Å². The van der Waals surface area contributed by atoms with Gasteiger partial charge in [-0.05, 0) is 37.1 Å². The number of hydrogen-bond acceptors (Lipinski definition) is 3. The van der Waals surface area contributed by atoms with Gasteiger partial charge in [-0.3, -0.25) is 0 Å². The molecule has 0 radical (unpaired) electrons. The van der Waals surface area contributed by atoms with Crippen molar-refractivity contribution in [1.29, 1.82) is 0 Å². The third-order valence-electron chi connectivity index (χ3n) is 3.92. The zero-order chi connectivity index (χ0) is 18.2. The SMILES string of the molecule is COc1cccc(CNCCC(C)C)c1OCc1c(F)cccc1Cl. The average molecular weight is 366 g/mol. The molecule has 3 nitrogen and oxygen atoms in total. The summed E-state index contributed by atoms with van der Waals surface area (Å²) in [6.45, 7) is 6.02. The average Bonchev–Trinajstić information content (AvgIpc) is 2.58. The van der Waals surface area contributed by atoms with E-state index in [1.54, 1.807) is 19.2 Å². The Balaban J connectivity index is 2.12. The lowest BCUT2D eigenvalue weighted by molar-refractivity contribution is 0.276. The summed E-state index contributed by atoms with van der Waals surface area (Å²) >= 11 is 6.08. The maximum Gasteiger partial charge on any atom is 0.166 e. The molecule has 0 aromatic heterocycles. The first-order valence-corrected chi connectivity index (χ1v) is 8.83. The Hall–Kier alpha value is -1.78. The third-order valence-corrected chi connectivity index (χ3v) is 4.27. The predicted molar refractivity (Wildman–Crippen MR) is 99.9 cm³/mol. The van der Waals surface area contributed by atoms with E-state index in [1.807, 2.05) is 18.2 Å². The molecule has 0 atom stereocenters. The maximum absolute atomic E-state index is 14.0. The molecule has 0 spiro atoms. The van der Waals surface area contributed by atoms with Crippen molar-refractivity contribution >= 4 is 11.6 Å². The van der Waals surface area contributed by atoms with E-state index >= 15 is 0 Å². The van der Waals surface area contributed by atoms with E-state index < -0.39 is 0 Å². The van der Waals surface area contributed by atoms with Gasteiger partial charge in [0.05, 0.1) is 12.1 Å². The third kappa shape index (κ3) is 5.62. The second kappa shape index (κ2) is 9.64. The van der Waals surface area contributed by atoms with Crippen LogP contribution in [0.3, 0.4) is 0 Å². The van der Waals surface area contributed by atoms with E-state index in [-0.39, 0.29) is 12.4 Å². The normalized spacial score (nSPS) is 11.0. The molecule has 136 valence electrons. The van der Waals surface area contributed by atoms with Gasteiger partial charge in [0.15, 0.2) is 11.5 Å². The highest BCUT2D eigenvalue weighted by Gasteiger charge is 2.13. The number of methoxy groups -OCH3 is 1. The molecule has 25 heavy (non-hydrogen) atoms. The molecule has 2 rings (SSSR count). The van der Waals surface area contributed by atoms with Crippen LogP contribution in [0.15, 0.2) is 36.4 Å². The van der Waals surface area contributed by atoms with Crippen molar-refractivity contribution in [2.45, 2.75) is 33.4 Å². The van der Waals surface area contributed by atoms with Crippen LogP contribution in [0, 0.1) is 11.7 Å². The highest BCUT2D eigenvalue weighted by Crippen LogP contribution is 2.32. The summed E-state index contributed by atoms with van der Waals surface area (Å²) in [7, 11) is 1.59. The van der Waals surface area contributed by atoms with Gasteiger partial charge in [0.2, 0.25) is 0 Å². The minimum atomic E-state index is -0.376. The molecule has 0 saturated carbocycles. The zero-order valence-corrected chi connectivity index (χ0v) is 15.7. The molecule has 0 aliphatic heterocycles. The van der Waals surface area contributed by atoms with Gasteiger partial charge in [0, 0.05) is 17.7 Å². The molecule has 0 heterocycles. The van der Waals surface area contributed by atoms with Crippen LogP contribution in [0.1, 0.15) is 31.4 Å². The Kier molecular flexibility index (Phi) is 7.53. The first-order valence-electron chi connectivity index (χ1n) is 8.45. The van der Waals surface area contributed by atoms with Gasteiger partial charge < -0.3 is 14.8 Å². The highest BCUT2D eigenvalue weighted by atomic mass is 35.5. The number of para-hydroxylation sites is 1. The largest absolute Gasteiger partial charge is 0.493 e. The Morgan fingerprint density at radius 1 is 1.16 bits per heavy atom. The van der Waals surface area contributed by atoms with Crippen LogP contribution in [0.2, 0.25) is 5.02 Å². The number of ether oxygens (including phenoxy) is 2. The van der Waals surface area contributed by atoms with Crippen LogP contribution in [0.4, 0.5) is 4.39 Å². The van der Waals surface area contributed by atoms with E-state index in [0.29, 0.717) is 34.5 Å². The second-order valence-corrected chi connectivity index (χ2v) is 6.70. The molecule has 5 heteroatoms. The van der Waals surface area contributed by atoms with Crippen molar-refractivity contribution < 1.29 is 13.9 Å². The summed E-state index contributed by atoms with van der Waals surface area (Å²) in [5.74, 6) is 1.51. The molecule has 0 bridgehead atoms. The predicted octanol–water partition coefficient (Wildman–Crippen LogP) is 5.20. The Labute approximate surface area is 154 Å². The lowest BCUT2D eigenvalue weighted by Gasteiger charge is -2.16. The van der Waals surface area contributed by atoms with E-state index in [1.165, 1.54) is 6.07 Å². The Bertz CT molecular complexity index is 671. The molecule has 0 aliphatic carbocycles. The molecule has 1 N–H and O–H groups in total. The standard InChI is InChI=1S/C20H25ClFNO2/c1-14(2)10-11-23-12-15-6-4-9-19(24-3)20(15)25-13-16-17(21)7-5-8-18(16)22/h4-9,14,23H,10-13H2,1-3H3. The molecule has 0 aliphatic rings. The summed E-state index contributed by atoms with van der Waals surface area (Å²) < 4.78 is 25.2. The van der Waals surface area contributed by atoms with E-state index in [4.69, 9.17) is 21.1 Å². The minimum Gasteiger partial charge on any atom is -0.493 e. The number of benzene rings is 2. The van der Waals surface area contributed by atoms with Crippen molar-refractivity contribution in [3.05, 3.63) is 58.4 Å². The summed E-state index contributed by atoms with van der Waals surface area (Å²) in [5.41, 5.74) is 1.31. The monoisotopic (exact) mass is 365 g/mol. The molecule has 2 aromatic rings. The fourth-order valence-electron chi connectivity index (χ4n) is 2.45. The topological polar surface area (TPSA) is 30.5 Å². The number of hydrogen-bond donors (Lipinski definition) is 1. The molecule has 0 fully saturated rings. The summed E-state index contributed by atoms with van der Waals surface area (Å²) in [5, 5.41) is 3.76. The number of rotatable bonds is 9. The second-order valence-electron chi connectivity index (χ2n) is 6.30.